The molecule has 1 aromatic carbocycles. The molecule has 0 saturated carbocycles. The van der Waals surface area contributed by atoms with Gasteiger partial charge in [0, 0.05) is 43.1 Å². The van der Waals surface area contributed by atoms with Crippen molar-refractivity contribution in [2.75, 3.05) is 39.2 Å². The van der Waals surface area contributed by atoms with Crippen molar-refractivity contribution in [3.63, 3.8) is 0 Å². The lowest BCUT2D eigenvalue weighted by Gasteiger charge is -2.13. The van der Waals surface area contributed by atoms with E-state index in [4.69, 9.17) is 14.5 Å². The number of thiazole rings is 1. The number of hydrogen-bond donors (Lipinski definition) is 2. The van der Waals surface area contributed by atoms with Crippen LogP contribution in [0.3, 0.4) is 0 Å². The Labute approximate surface area is 199 Å². The summed E-state index contributed by atoms with van der Waals surface area (Å²) in [6.07, 6.45) is 2.89. The third-order valence-corrected chi connectivity index (χ3v) is 5.82. The molecule has 0 amide bonds. The maximum absolute atomic E-state index is 5.86. The molecule has 0 aliphatic heterocycles. The lowest BCUT2D eigenvalue weighted by Crippen LogP contribution is -2.37. The second-order valence-electron chi connectivity index (χ2n) is 6.07. The van der Waals surface area contributed by atoms with E-state index in [2.05, 4.69) is 47.7 Å². The van der Waals surface area contributed by atoms with Crippen LogP contribution < -0.4 is 15.4 Å². The number of thioether (sulfide) groups is 1. The normalized spacial score (nSPS) is 11.1. The molecule has 0 radical (unpaired) electrons. The van der Waals surface area contributed by atoms with Crippen LogP contribution in [-0.2, 0) is 11.3 Å². The minimum atomic E-state index is 0. The van der Waals surface area contributed by atoms with E-state index in [0.717, 1.165) is 46.9 Å². The summed E-state index contributed by atoms with van der Waals surface area (Å²) in [5.74, 6) is 2.73. The second kappa shape index (κ2) is 15.8. The first-order valence-electron chi connectivity index (χ1n) is 9.48. The molecule has 0 atom stereocenters. The van der Waals surface area contributed by atoms with Crippen LogP contribution in [0, 0.1) is 6.92 Å². The zero-order chi connectivity index (χ0) is 20.0. The number of hydrogen-bond acceptors (Lipinski definition) is 6. The van der Waals surface area contributed by atoms with Gasteiger partial charge in [-0.2, -0.15) is 0 Å². The van der Waals surface area contributed by atoms with E-state index in [-0.39, 0.29) is 24.0 Å². The molecule has 0 aliphatic carbocycles. The predicted octanol–water partition coefficient (Wildman–Crippen LogP) is 4.33. The number of aromatic nitrogens is 1. The van der Waals surface area contributed by atoms with Gasteiger partial charge in [-0.1, -0.05) is 23.9 Å². The Morgan fingerprint density at radius 3 is 2.86 bits per heavy atom. The van der Waals surface area contributed by atoms with E-state index in [9.17, 15) is 0 Å². The highest BCUT2D eigenvalue weighted by Gasteiger charge is 2.05. The van der Waals surface area contributed by atoms with Crippen molar-refractivity contribution >= 4 is 53.0 Å². The van der Waals surface area contributed by atoms with Crippen LogP contribution in [0.5, 0.6) is 5.75 Å². The van der Waals surface area contributed by atoms with Crippen molar-refractivity contribution < 1.29 is 9.47 Å². The fraction of sp³-hybridized carbons (Fsp3) is 0.500. The van der Waals surface area contributed by atoms with Gasteiger partial charge in [-0.05, 0) is 31.9 Å². The van der Waals surface area contributed by atoms with E-state index in [1.807, 2.05) is 11.6 Å². The molecule has 29 heavy (non-hydrogen) atoms. The van der Waals surface area contributed by atoms with Crippen LogP contribution in [0.4, 0.5) is 0 Å². The van der Waals surface area contributed by atoms with Crippen LogP contribution in [0.2, 0.25) is 0 Å². The van der Waals surface area contributed by atoms with E-state index in [0.29, 0.717) is 19.8 Å². The average Bonchev–Trinajstić information content (AvgIpc) is 3.20. The summed E-state index contributed by atoms with van der Waals surface area (Å²) in [6, 6.07) is 6.22. The summed E-state index contributed by atoms with van der Waals surface area (Å²) in [5, 5.41) is 8.71. The number of nitrogens with one attached hydrogen (secondary N) is 2. The van der Waals surface area contributed by atoms with Crippen LogP contribution >= 0.6 is 47.1 Å². The molecule has 2 aromatic rings. The Morgan fingerprint density at radius 2 is 2.14 bits per heavy atom. The maximum atomic E-state index is 5.86. The largest absolute Gasteiger partial charge is 0.491 e. The number of ether oxygens (including phenoxy) is 2. The van der Waals surface area contributed by atoms with Crippen LogP contribution in [0.1, 0.15) is 24.5 Å². The summed E-state index contributed by atoms with van der Waals surface area (Å²) >= 11 is 3.48. The highest BCUT2D eigenvalue weighted by Crippen LogP contribution is 2.22. The van der Waals surface area contributed by atoms with Crippen molar-refractivity contribution in [1.29, 1.82) is 0 Å². The van der Waals surface area contributed by atoms with E-state index < -0.39 is 0 Å². The highest BCUT2D eigenvalue weighted by molar-refractivity contribution is 14.0. The van der Waals surface area contributed by atoms with Crippen LogP contribution in [0.15, 0.2) is 39.1 Å². The van der Waals surface area contributed by atoms with Gasteiger partial charge in [-0.25, -0.2) is 9.98 Å². The molecule has 2 N–H and O–H groups in total. The van der Waals surface area contributed by atoms with Crippen LogP contribution in [-0.4, -0.2) is 50.1 Å². The van der Waals surface area contributed by atoms with Crippen molar-refractivity contribution in [3.8, 4) is 5.75 Å². The lowest BCUT2D eigenvalue weighted by molar-refractivity contribution is 0.145. The van der Waals surface area contributed by atoms with Crippen molar-refractivity contribution in [2.45, 2.75) is 31.2 Å². The summed E-state index contributed by atoms with van der Waals surface area (Å²) in [4.78, 5) is 9.00. The van der Waals surface area contributed by atoms with Gasteiger partial charge in [-0.3, -0.25) is 0 Å². The van der Waals surface area contributed by atoms with E-state index in [1.54, 1.807) is 30.2 Å². The fourth-order valence-corrected chi connectivity index (χ4v) is 4.04. The zero-order valence-electron chi connectivity index (χ0n) is 17.3. The van der Waals surface area contributed by atoms with Gasteiger partial charge in [-0.15, -0.1) is 35.3 Å². The fourth-order valence-electron chi connectivity index (χ4n) is 2.39. The summed E-state index contributed by atoms with van der Waals surface area (Å²) in [7, 11) is 1.68. The van der Waals surface area contributed by atoms with Gasteiger partial charge >= 0.3 is 0 Å². The number of benzene rings is 1. The van der Waals surface area contributed by atoms with Crippen molar-refractivity contribution in [2.24, 2.45) is 4.99 Å². The summed E-state index contributed by atoms with van der Waals surface area (Å²) in [6.45, 7) is 7.49. The number of halogens is 1. The third kappa shape index (κ3) is 10.5. The average molecular weight is 551 g/mol. The molecule has 162 valence electrons. The van der Waals surface area contributed by atoms with Gasteiger partial charge in [0.15, 0.2) is 5.96 Å². The van der Waals surface area contributed by atoms with Gasteiger partial charge in [0.05, 0.1) is 13.2 Å². The Bertz CT molecular complexity index is 715. The Balaban J connectivity index is 0.00000420. The summed E-state index contributed by atoms with van der Waals surface area (Å²) in [5.41, 5.74) is 2.24. The molecule has 2 rings (SSSR count). The predicted molar refractivity (Wildman–Crippen MR) is 134 cm³/mol. The molecule has 1 aromatic heterocycles. The number of methoxy groups -OCH3 is 1. The number of aliphatic imine (C=N–C) groups is 1. The molecule has 9 heteroatoms. The molecule has 0 fully saturated rings. The maximum Gasteiger partial charge on any atom is 0.191 e. The molecular formula is C20H31IN4O2S2. The number of guanidine groups is 1. The van der Waals surface area contributed by atoms with Gasteiger partial charge in [0.1, 0.15) is 16.7 Å². The second-order valence-corrected chi connectivity index (χ2v) is 8.31. The molecular weight excluding hydrogens is 519 g/mol. The van der Waals surface area contributed by atoms with Crippen molar-refractivity contribution in [3.05, 3.63) is 40.9 Å². The SMILES string of the molecule is CCNC(=NCc1ccc(C)cc1OCCOC)NCCCSc1nccs1.I. The number of rotatable bonds is 12. The molecule has 0 saturated heterocycles. The first-order chi connectivity index (χ1) is 13.7. The zero-order valence-corrected chi connectivity index (χ0v) is 21.2. The third-order valence-electron chi connectivity index (χ3n) is 3.77. The minimum Gasteiger partial charge on any atom is -0.491 e. The lowest BCUT2D eigenvalue weighted by atomic mass is 10.1. The Hall–Kier alpha value is -1.04. The van der Waals surface area contributed by atoms with Gasteiger partial charge in [0.25, 0.3) is 0 Å². The first kappa shape index (κ1) is 26.0. The molecule has 0 unspecified atom stereocenters. The van der Waals surface area contributed by atoms with E-state index >= 15 is 0 Å². The molecule has 0 aliphatic rings. The monoisotopic (exact) mass is 550 g/mol. The standard InChI is InChI=1S/C20H30N4O2S2.HI/c1-4-21-19(22-8-5-12-27-20-23-9-13-28-20)24-15-17-7-6-16(2)14-18(17)26-11-10-25-3;/h6-7,9,13-14H,4-5,8,10-12,15H2,1-3H3,(H2,21,22,24);1H. The molecule has 0 spiro atoms. The van der Waals surface area contributed by atoms with Crippen molar-refractivity contribution in [1.82, 2.24) is 15.6 Å². The molecule has 6 nitrogen and oxygen atoms in total. The minimum absolute atomic E-state index is 0. The quantitative estimate of drug-likeness (QED) is 0.135. The smallest absolute Gasteiger partial charge is 0.191 e. The van der Waals surface area contributed by atoms with E-state index in [1.165, 1.54) is 5.56 Å². The van der Waals surface area contributed by atoms with Crippen LogP contribution in [0.25, 0.3) is 0 Å². The Kier molecular flexibility index (Phi) is 14.1. The molecule has 0 bridgehead atoms. The summed E-state index contributed by atoms with van der Waals surface area (Å²) < 4.78 is 12.1. The topological polar surface area (TPSA) is 67.8 Å². The van der Waals surface area contributed by atoms with Gasteiger partial charge < -0.3 is 20.1 Å². The number of nitrogens with zero attached hydrogens (tertiary/aromatic N) is 2. The Morgan fingerprint density at radius 1 is 1.28 bits per heavy atom. The van der Waals surface area contributed by atoms with Gasteiger partial charge in [0.2, 0.25) is 0 Å². The number of aryl methyl sites for hydroxylation is 1. The highest BCUT2D eigenvalue weighted by atomic mass is 127. The first-order valence-corrected chi connectivity index (χ1v) is 11.3. The molecule has 1 heterocycles.